The van der Waals surface area contributed by atoms with Gasteiger partial charge in [0.25, 0.3) is 5.91 Å². The molecule has 1 amide bonds. The molecule has 0 atom stereocenters. The van der Waals surface area contributed by atoms with Crippen LogP contribution in [0.1, 0.15) is 24.2 Å². The van der Waals surface area contributed by atoms with Gasteiger partial charge < -0.3 is 24.6 Å². The summed E-state index contributed by atoms with van der Waals surface area (Å²) in [7, 11) is 1.48. The van der Waals surface area contributed by atoms with E-state index in [0.717, 1.165) is 0 Å². The van der Waals surface area contributed by atoms with E-state index >= 15 is 0 Å². The summed E-state index contributed by atoms with van der Waals surface area (Å²) in [6, 6.07) is 3.19. The summed E-state index contributed by atoms with van der Waals surface area (Å²) < 4.78 is 15.6. The van der Waals surface area contributed by atoms with Gasteiger partial charge in [0.2, 0.25) is 6.79 Å². The molecule has 1 aromatic rings. The van der Waals surface area contributed by atoms with E-state index in [-0.39, 0.29) is 19.3 Å². The molecule has 6 nitrogen and oxygen atoms in total. The van der Waals surface area contributed by atoms with Crippen molar-refractivity contribution in [2.75, 3.05) is 20.5 Å². The Morgan fingerprint density at radius 1 is 1.42 bits per heavy atom. The van der Waals surface area contributed by atoms with Crippen molar-refractivity contribution < 1.29 is 24.1 Å². The van der Waals surface area contributed by atoms with Gasteiger partial charge in [-0.2, -0.15) is 0 Å². The zero-order chi connectivity index (χ0) is 14.0. The van der Waals surface area contributed by atoms with Crippen LogP contribution in [0.4, 0.5) is 0 Å². The molecule has 0 radical (unpaired) electrons. The van der Waals surface area contributed by atoms with E-state index in [0.29, 0.717) is 22.8 Å². The lowest BCUT2D eigenvalue weighted by Crippen LogP contribution is -2.46. The number of fused-ring (bicyclic) bond motifs is 1. The predicted octanol–water partition coefficient (Wildman–Crippen LogP) is 0.925. The minimum atomic E-state index is -0.710. The van der Waals surface area contributed by atoms with Crippen LogP contribution < -0.4 is 19.5 Å². The molecule has 1 aliphatic heterocycles. The summed E-state index contributed by atoms with van der Waals surface area (Å²) in [5.74, 6) is 1.12. The topological polar surface area (TPSA) is 77.0 Å². The van der Waals surface area contributed by atoms with Crippen LogP contribution in [-0.4, -0.2) is 37.1 Å². The van der Waals surface area contributed by atoms with Crippen LogP contribution >= 0.6 is 0 Å². The third-order valence-electron chi connectivity index (χ3n) is 2.79. The van der Waals surface area contributed by atoms with Gasteiger partial charge in [-0.3, -0.25) is 4.79 Å². The summed E-state index contributed by atoms with van der Waals surface area (Å²) >= 11 is 0. The number of methoxy groups -OCH3 is 1. The largest absolute Gasteiger partial charge is 0.496 e. The summed E-state index contributed by atoms with van der Waals surface area (Å²) in [5, 5.41) is 11.9. The minimum absolute atomic E-state index is 0.131. The highest BCUT2D eigenvalue weighted by Gasteiger charge is 2.25. The molecular weight excluding hydrogens is 250 g/mol. The lowest BCUT2D eigenvalue weighted by molar-refractivity contribution is 0.0866. The zero-order valence-corrected chi connectivity index (χ0v) is 11.1. The van der Waals surface area contributed by atoms with E-state index < -0.39 is 5.54 Å². The molecule has 0 bridgehead atoms. The molecule has 19 heavy (non-hydrogen) atoms. The molecule has 0 unspecified atom stereocenters. The van der Waals surface area contributed by atoms with E-state index in [2.05, 4.69) is 5.32 Å². The van der Waals surface area contributed by atoms with E-state index in [4.69, 9.17) is 14.2 Å². The highest BCUT2D eigenvalue weighted by Crippen LogP contribution is 2.38. The lowest BCUT2D eigenvalue weighted by Gasteiger charge is -2.24. The molecule has 0 saturated carbocycles. The van der Waals surface area contributed by atoms with Crippen molar-refractivity contribution in [3.8, 4) is 17.2 Å². The lowest BCUT2D eigenvalue weighted by atomic mass is 10.1. The third kappa shape index (κ3) is 2.73. The fraction of sp³-hybridized carbons (Fsp3) is 0.462. The monoisotopic (exact) mass is 267 g/mol. The first-order valence-electron chi connectivity index (χ1n) is 5.88. The molecule has 6 heteroatoms. The number of ether oxygens (including phenoxy) is 3. The summed E-state index contributed by atoms with van der Waals surface area (Å²) in [4.78, 5) is 12.2. The van der Waals surface area contributed by atoms with Gasteiger partial charge in [0.05, 0.1) is 24.8 Å². The van der Waals surface area contributed by atoms with Crippen LogP contribution in [0.25, 0.3) is 0 Å². The van der Waals surface area contributed by atoms with Gasteiger partial charge in [-0.1, -0.05) is 0 Å². The molecule has 1 aliphatic rings. The van der Waals surface area contributed by atoms with Gasteiger partial charge in [0, 0.05) is 12.1 Å². The molecule has 1 aromatic carbocycles. The summed E-state index contributed by atoms with van der Waals surface area (Å²) in [6.45, 7) is 3.42. The van der Waals surface area contributed by atoms with Crippen LogP contribution in [0, 0.1) is 0 Å². The third-order valence-corrected chi connectivity index (χ3v) is 2.79. The van der Waals surface area contributed by atoms with Crippen LogP contribution in [0.2, 0.25) is 0 Å². The van der Waals surface area contributed by atoms with Gasteiger partial charge in [0.1, 0.15) is 5.75 Å². The van der Waals surface area contributed by atoms with Gasteiger partial charge in [-0.05, 0) is 13.8 Å². The highest BCUT2D eigenvalue weighted by molar-refractivity contribution is 5.98. The van der Waals surface area contributed by atoms with Crippen LogP contribution in [0.3, 0.4) is 0 Å². The standard InChI is InChI=1S/C13H17NO5/c1-13(2,6-15)14-12(16)8-4-10-11(19-7-18-10)5-9(8)17-3/h4-5,15H,6-7H2,1-3H3,(H,14,16). The number of hydrogen-bond donors (Lipinski definition) is 2. The van der Waals surface area contributed by atoms with Crippen molar-refractivity contribution in [3.05, 3.63) is 17.7 Å². The Hall–Kier alpha value is -1.95. The van der Waals surface area contributed by atoms with E-state index in [9.17, 15) is 9.90 Å². The Bertz CT molecular complexity index is 498. The van der Waals surface area contributed by atoms with Gasteiger partial charge in [-0.25, -0.2) is 0 Å². The maximum Gasteiger partial charge on any atom is 0.255 e. The number of aliphatic hydroxyl groups is 1. The number of carbonyl (C=O) groups is 1. The molecule has 2 rings (SSSR count). The first-order chi connectivity index (χ1) is 8.96. The Labute approximate surface area is 111 Å². The fourth-order valence-electron chi connectivity index (χ4n) is 1.68. The molecule has 0 aliphatic carbocycles. The van der Waals surface area contributed by atoms with Crippen molar-refractivity contribution in [2.45, 2.75) is 19.4 Å². The second-order valence-corrected chi connectivity index (χ2v) is 4.90. The number of rotatable bonds is 4. The number of hydrogen-bond acceptors (Lipinski definition) is 5. The average Bonchev–Trinajstić information content (AvgIpc) is 2.83. The summed E-state index contributed by atoms with van der Waals surface area (Å²) in [5.41, 5.74) is -0.369. The van der Waals surface area contributed by atoms with Crippen molar-refractivity contribution in [1.82, 2.24) is 5.32 Å². The second kappa shape index (κ2) is 4.97. The normalized spacial score (nSPS) is 13.3. The number of amides is 1. The number of aliphatic hydroxyl groups excluding tert-OH is 1. The molecule has 2 N–H and O–H groups in total. The Morgan fingerprint density at radius 2 is 2.05 bits per heavy atom. The van der Waals surface area contributed by atoms with E-state index in [1.807, 2.05) is 0 Å². The molecule has 0 spiro atoms. The first kappa shape index (κ1) is 13.5. The van der Waals surface area contributed by atoms with Gasteiger partial charge >= 0.3 is 0 Å². The smallest absolute Gasteiger partial charge is 0.255 e. The zero-order valence-electron chi connectivity index (χ0n) is 11.1. The van der Waals surface area contributed by atoms with Gasteiger partial charge in [0.15, 0.2) is 11.5 Å². The molecule has 0 aromatic heterocycles. The van der Waals surface area contributed by atoms with Crippen LogP contribution in [0.5, 0.6) is 17.2 Å². The highest BCUT2D eigenvalue weighted by atomic mass is 16.7. The summed E-state index contributed by atoms with van der Waals surface area (Å²) in [6.07, 6.45) is 0. The second-order valence-electron chi connectivity index (χ2n) is 4.90. The molecule has 0 saturated heterocycles. The quantitative estimate of drug-likeness (QED) is 0.848. The van der Waals surface area contributed by atoms with Crippen molar-refractivity contribution in [1.29, 1.82) is 0 Å². The number of benzene rings is 1. The van der Waals surface area contributed by atoms with Crippen molar-refractivity contribution in [2.24, 2.45) is 0 Å². The first-order valence-corrected chi connectivity index (χ1v) is 5.88. The minimum Gasteiger partial charge on any atom is -0.496 e. The predicted molar refractivity (Wildman–Crippen MR) is 67.7 cm³/mol. The van der Waals surface area contributed by atoms with Crippen LogP contribution in [0.15, 0.2) is 12.1 Å². The SMILES string of the molecule is COc1cc2c(cc1C(=O)NC(C)(C)CO)OCO2. The molecule has 1 heterocycles. The number of nitrogens with one attached hydrogen (secondary N) is 1. The van der Waals surface area contributed by atoms with Crippen LogP contribution in [-0.2, 0) is 0 Å². The number of carbonyl (C=O) groups excluding carboxylic acids is 1. The average molecular weight is 267 g/mol. The maximum atomic E-state index is 12.2. The van der Waals surface area contributed by atoms with E-state index in [1.165, 1.54) is 7.11 Å². The Balaban J connectivity index is 2.31. The van der Waals surface area contributed by atoms with Crippen molar-refractivity contribution in [3.63, 3.8) is 0 Å². The Kier molecular flexibility index (Phi) is 3.53. The van der Waals surface area contributed by atoms with Crippen molar-refractivity contribution >= 4 is 5.91 Å². The molecule has 104 valence electrons. The fourth-order valence-corrected chi connectivity index (χ4v) is 1.68. The molecular formula is C13H17NO5. The van der Waals surface area contributed by atoms with E-state index in [1.54, 1.807) is 26.0 Å². The van der Waals surface area contributed by atoms with Gasteiger partial charge in [-0.15, -0.1) is 0 Å². The molecule has 0 fully saturated rings. The Morgan fingerprint density at radius 3 is 2.63 bits per heavy atom. The maximum absolute atomic E-state index is 12.2.